The van der Waals surface area contributed by atoms with Crippen LogP contribution >= 0.6 is 0 Å². The van der Waals surface area contributed by atoms with Gasteiger partial charge >= 0.3 is 13.1 Å². The summed E-state index contributed by atoms with van der Waals surface area (Å²) >= 11 is 0. The number of hydrogen-bond acceptors (Lipinski definition) is 4. The van der Waals surface area contributed by atoms with Crippen LogP contribution in [0, 0.1) is 0 Å². The molecule has 0 saturated heterocycles. The fourth-order valence-electron chi connectivity index (χ4n) is 3.08. The van der Waals surface area contributed by atoms with Crippen LogP contribution in [0.4, 0.5) is 5.69 Å². The molecule has 3 aromatic carbocycles. The molecule has 0 aliphatic rings. The predicted octanol–water partition coefficient (Wildman–Crippen LogP) is 2.73. The minimum absolute atomic E-state index is 0.244. The second kappa shape index (κ2) is 6.97. The Balaban J connectivity index is 2.04. The van der Waals surface area contributed by atoms with Crippen LogP contribution in [0.5, 0.6) is 0 Å². The minimum atomic E-state index is -1.56. The van der Waals surface area contributed by atoms with E-state index in [1.165, 1.54) is 0 Å². The Bertz CT molecular complexity index is 898. The maximum atomic E-state index is 11.3. The van der Waals surface area contributed by atoms with Gasteiger partial charge < -0.3 is 20.1 Å². The summed E-state index contributed by atoms with van der Waals surface area (Å²) in [7, 11) is 0.215. The van der Waals surface area contributed by atoms with Crippen molar-refractivity contribution < 1.29 is 19.9 Å². The molecule has 0 fully saturated rings. The van der Waals surface area contributed by atoms with Gasteiger partial charge in [-0.1, -0.05) is 48.5 Å². The number of benzene rings is 3. The van der Waals surface area contributed by atoms with Crippen LogP contribution in [0.2, 0.25) is 0 Å². The summed E-state index contributed by atoms with van der Waals surface area (Å²) in [6.07, 6.45) is 0. The standard InChI is InChI=1S/C19H18BNO4/c1-21(18(20(24)25)13-6-3-2-4-7-13)15-10-11-16-14(12-15)8-5-9-17(16)19(22)23/h2-12,18,24-25H,1H3,(H,22,23). The van der Waals surface area contributed by atoms with Crippen molar-refractivity contribution in [1.82, 2.24) is 0 Å². The van der Waals surface area contributed by atoms with Gasteiger partial charge in [0.25, 0.3) is 0 Å². The molecule has 25 heavy (non-hydrogen) atoms. The highest BCUT2D eigenvalue weighted by Gasteiger charge is 2.29. The van der Waals surface area contributed by atoms with Crippen LogP contribution in [0.25, 0.3) is 10.8 Å². The van der Waals surface area contributed by atoms with Gasteiger partial charge in [-0.25, -0.2) is 4.79 Å². The average molecular weight is 335 g/mol. The van der Waals surface area contributed by atoms with E-state index in [0.717, 1.165) is 16.6 Å². The molecule has 0 saturated carbocycles. The Morgan fingerprint density at radius 2 is 1.72 bits per heavy atom. The lowest BCUT2D eigenvalue weighted by Gasteiger charge is -2.30. The van der Waals surface area contributed by atoms with Crippen molar-refractivity contribution in [2.75, 3.05) is 11.9 Å². The number of fused-ring (bicyclic) bond motifs is 1. The van der Waals surface area contributed by atoms with Gasteiger partial charge in [0, 0.05) is 12.7 Å². The van der Waals surface area contributed by atoms with E-state index in [9.17, 15) is 19.9 Å². The molecule has 0 aliphatic heterocycles. The molecule has 1 unspecified atom stereocenters. The van der Waals surface area contributed by atoms with E-state index < -0.39 is 19.0 Å². The molecule has 3 rings (SSSR count). The molecule has 0 bridgehead atoms. The van der Waals surface area contributed by atoms with Crippen molar-refractivity contribution in [3.63, 3.8) is 0 Å². The van der Waals surface area contributed by atoms with Gasteiger partial charge in [0.2, 0.25) is 0 Å². The number of carbonyl (C=O) groups is 1. The third-order valence-corrected chi connectivity index (χ3v) is 4.34. The van der Waals surface area contributed by atoms with E-state index >= 15 is 0 Å². The normalized spacial score (nSPS) is 12.0. The zero-order valence-corrected chi connectivity index (χ0v) is 13.7. The van der Waals surface area contributed by atoms with Crippen molar-refractivity contribution >= 4 is 29.5 Å². The number of nitrogens with zero attached hydrogens (tertiary/aromatic N) is 1. The fraction of sp³-hybridized carbons (Fsp3) is 0.105. The SMILES string of the molecule is CN(c1ccc2c(C(=O)O)cccc2c1)C(B(O)O)c1ccccc1. The molecular formula is C19H18BNO4. The summed E-state index contributed by atoms with van der Waals surface area (Å²) in [5, 5.41) is 30.4. The van der Waals surface area contributed by atoms with E-state index in [4.69, 9.17) is 0 Å². The first-order valence-corrected chi connectivity index (χ1v) is 7.89. The molecular weight excluding hydrogens is 317 g/mol. The molecule has 0 aliphatic carbocycles. The average Bonchev–Trinajstić information content (AvgIpc) is 2.61. The molecule has 6 heteroatoms. The predicted molar refractivity (Wildman–Crippen MR) is 98.7 cm³/mol. The van der Waals surface area contributed by atoms with Crippen LogP contribution in [0.15, 0.2) is 66.7 Å². The van der Waals surface area contributed by atoms with Gasteiger partial charge in [0.05, 0.1) is 11.5 Å². The lowest BCUT2D eigenvalue weighted by Crippen LogP contribution is -2.37. The Labute approximate surface area is 145 Å². The molecule has 0 amide bonds. The fourth-order valence-corrected chi connectivity index (χ4v) is 3.08. The Kier molecular flexibility index (Phi) is 4.74. The van der Waals surface area contributed by atoms with E-state index in [-0.39, 0.29) is 5.56 Å². The van der Waals surface area contributed by atoms with Crippen molar-refractivity contribution in [2.45, 2.75) is 5.94 Å². The quantitative estimate of drug-likeness (QED) is 0.625. The third kappa shape index (κ3) is 3.35. The van der Waals surface area contributed by atoms with Crippen molar-refractivity contribution in [2.24, 2.45) is 0 Å². The van der Waals surface area contributed by atoms with Crippen molar-refractivity contribution in [3.05, 3.63) is 77.9 Å². The summed E-state index contributed by atoms with van der Waals surface area (Å²) in [5.74, 6) is -1.61. The summed E-state index contributed by atoms with van der Waals surface area (Å²) < 4.78 is 0. The lowest BCUT2D eigenvalue weighted by atomic mass is 9.74. The molecule has 0 aromatic heterocycles. The first kappa shape index (κ1) is 17.0. The third-order valence-electron chi connectivity index (χ3n) is 4.34. The highest BCUT2D eigenvalue weighted by atomic mass is 16.4. The molecule has 3 N–H and O–H groups in total. The van der Waals surface area contributed by atoms with E-state index in [1.54, 1.807) is 36.2 Å². The number of hydrogen-bond donors (Lipinski definition) is 3. The Hall–Kier alpha value is -2.83. The van der Waals surface area contributed by atoms with Crippen molar-refractivity contribution in [3.8, 4) is 0 Å². The Morgan fingerprint density at radius 3 is 2.36 bits per heavy atom. The Morgan fingerprint density at radius 1 is 1.00 bits per heavy atom. The summed E-state index contributed by atoms with van der Waals surface area (Å²) in [4.78, 5) is 13.1. The number of carboxylic acid groups (broad SMARTS) is 1. The number of carboxylic acids is 1. The zero-order valence-electron chi connectivity index (χ0n) is 13.7. The second-order valence-electron chi connectivity index (χ2n) is 5.90. The molecule has 1 atom stereocenters. The number of anilines is 1. The van der Waals surface area contributed by atoms with E-state index in [1.807, 2.05) is 42.5 Å². The van der Waals surface area contributed by atoms with Gasteiger partial charge in [0.1, 0.15) is 0 Å². The topological polar surface area (TPSA) is 81.0 Å². The summed E-state index contributed by atoms with van der Waals surface area (Å²) in [5.41, 5.74) is 1.78. The molecule has 0 heterocycles. The first-order chi connectivity index (χ1) is 12.0. The van der Waals surface area contributed by atoms with Crippen LogP contribution in [0.3, 0.4) is 0 Å². The van der Waals surface area contributed by atoms with Crippen LogP contribution in [0.1, 0.15) is 21.9 Å². The highest BCUT2D eigenvalue weighted by molar-refractivity contribution is 6.44. The first-order valence-electron chi connectivity index (χ1n) is 7.89. The second-order valence-corrected chi connectivity index (χ2v) is 5.90. The smallest absolute Gasteiger partial charge is 0.478 e. The molecule has 5 nitrogen and oxygen atoms in total. The van der Waals surface area contributed by atoms with Gasteiger partial charge in [0.15, 0.2) is 0 Å². The van der Waals surface area contributed by atoms with Gasteiger partial charge in [-0.2, -0.15) is 0 Å². The zero-order chi connectivity index (χ0) is 18.0. The number of aromatic carboxylic acids is 1. The van der Waals surface area contributed by atoms with Crippen LogP contribution in [-0.4, -0.2) is 35.3 Å². The highest BCUT2D eigenvalue weighted by Crippen LogP contribution is 2.30. The summed E-state index contributed by atoms with van der Waals surface area (Å²) in [6.45, 7) is 0. The minimum Gasteiger partial charge on any atom is -0.478 e. The van der Waals surface area contributed by atoms with Gasteiger partial charge in [-0.3, -0.25) is 0 Å². The van der Waals surface area contributed by atoms with Crippen LogP contribution < -0.4 is 4.90 Å². The number of rotatable bonds is 5. The monoisotopic (exact) mass is 335 g/mol. The molecule has 0 spiro atoms. The van der Waals surface area contributed by atoms with E-state index in [2.05, 4.69) is 0 Å². The maximum absolute atomic E-state index is 11.3. The molecule has 0 radical (unpaired) electrons. The van der Waals surface area contributed by atoms with Crippen molar-refractivity contribution in [1.29, 1.82) is 0 Å². The molecule has 3 aromatic rings. The maximum Gasteiger partial charge on any atom is 0.480 e. The molecule has 126 valence electrons. The van der Waals surface area contributed by atoms with Crippen LogP contribution in [-0.2, 0) is 0 Å². The van der Waals surface area contributed by atoms with Gasteiger partial charge in [-0.05, 0) is 34.5 Å². The van der Waals surface area contributed by atoms with E-state index in [0.29, 0.717) is 5.39 Å². The summed E-state index contributed by atoms with van der Waals surface area (Å²) in [6, 6.07) is 19.7. The van der Waals surface area contributed by atoms with Gasteiger partial charge in [-0.15, -0.1) is 0 Å². The largest absolute Gasteiger partial charge is 0.480 e. The lowest BCUT2D eigenvalue weighted by molar-refractivity contribution is 0.0699.